The lowest BCUT2D eigenvalue weighted by atomic mass is 9.88. The smallest absolute Gasteiger partial charge is 0.313 e. The van der Waals surface area contributed by atoms with E-state index in [0.717, 1.165) is 3.57 Å². The molecule has 148 valence electrons. The van der Waals surface area contributed by atoms with Crippen molar-refractivity contribution in [2.24, 2.45) is 0 Å². The zero-order valence-corrected chi connectivity index (χ0v) is 17.5. The normalized spacial score (nSPS) is 25.3. The summed E-state index contributed by atoms with van der Waals surface area (Å²) in [6.07, 6.45) is 1.24. The van der Waals surface area contributed by atoms with Crippen LogP contribution >= 0.6 is 45.8 Å². The Balaban J connectivity index is 2.49. The van der Waals surface area contributed by atoms with Gasteiger partial charge in [0.15, 0.2) is 5.83 Å². The Hall–Kier alpha value is -0.980. The summed E-state index contributed by atoms with van der Waals surface area (Å²) in [5.41, 5.74) is -2.15. The first-order valence-corrected chi connectivity index (χ1v) is 9.45. The molecule has 11 heteroatoms. The van der Waals surface area contributed by atoms with Crippen molar-refractivity contribution in [3.63, 3.8) is 0 Å². The molecular formula is C16H15Cl2F2IN2O4. The Morgan fingerprint density at radius 2 is 2.04 bits per heavy atom. The van der Waals surface area contributed by atoms with E-state index in [-0.39, 0.29) is 17.3 Å². The lowest BCUT2D eigenvalue weighted by Gasteiger charge is -2.41. The first kappa shape index (κ1) is 22.3. The molecule has 0 spiro atoms. The molecule has 0 radical (unpaired) electrons. The second-order valence-corrected chi connectivity index (χ2v) is 7.64. The number of halogens is 5. The number of anilines is 1. The van der Waals surface area contributed by atoms with Gasteiger partial charge in [0.2, 0.25) is 5.72 Å². The second-order valence-electron chi connectivity index (χ2n) is 5.58. The zero-order chi connectivity index (χ0) is 20.4. The van der Waals surface area contributed by atoms with Gasteiger partial charge in [-0.3, -0.25) is 9.63 Å². The van der Waals surface area contributed by atoms with E-state index in [1.54, 1.807) is 13.0 Å². The minimum atomic E-state index is -4.07. The monoisotopic (exact) mass is 534 g/mol. The number of aliphatic hydroxyl groups is 2. The molecule has 4 N–H and O–H groups in total. The third kappa shape index (κ3) is 4.38. The van der Waals surface area contributed by atoms with Crippen molar-refractivity contribution in [1.29, 1.82) is 0 Å². The number of hydrogen-bond donors (Lipinski definition) is 4. The van der Waals surface area contributed by atoms with Gasteiger partial charge >= 0.3 is 5.85 Å². The van der Waals surface area contributed by atoms with Crippen LogP contribution in [0.3, 0.4) is 0 Å². The summed E-state index contributed by atoms with van der Waals surface area (Å²) < 4.78 is 29.7. The number of hydrogen-bond acceptors (Lipinski definition) is 5. The molecule has 27 heavy (non-hydrogen) atoms. The number of nitrogens with one attached hydrogen (secondary N) is 2. The predicted molar refractivity (Wildman–Crippen MR) is 105 cm³/mol. The molecule has 0 fully saturated rings. The van der Waals surface area contributed by atoms with Gasteiger partial charge in [-0.1, -0.05) is 30.1 Å². The van der Waals surface area contributed by atoms with Gasteiger partial charge in [-0.15, -0.1) is 0 Å². The fourth-order valence-electron chi connectivity index (χ4n) is 2.23. The maximum absolute atomic E-state index is 14.9. The molecule has 2 atom stereocenters. The molecular weight excluding hydrogens is 520 g/mol. The van der Waals surface area contributed by atoms with E-state index in [1.165, 1.54) is 12.1 Å². The van der Waals surface area contributed by atoms with Crippen LogP contribution in [0.5, 0.6) is 0 Å². The fourth-order valence-corrected chi connectivity index (χ4v) is 3.37. The van der Waals surface area contributed by atoms with Crippen molar-refractivity contribution < 1.29 is 28.6 Å². The molecule has 0 saturated carbocycles. The highest BCUT2D eigenvalue weighted by atomic mass is 127. The van der Waals surface area contributed by atoms with Gasteiger partial charge in [0.25, 0.3) is 5.91 Å². The Morgan fingerprint density at radius 1 is 1.37 bits per heavy atom. The third-order valence-corrected chi connectivity index (χ3v) is 4.86. The molecule has 2 rings (SSSR count). The number of alkyl halides is 1. The summed E-state index contributed by atoms with van der Waals surface area (Å²) in [6, 6.07) is 4.39. The van der Waals surface area contributed by atoms with Gasteiger partial charge in [0, 0.05) is 3.57 Å². The first-order valence-electron chi connectivity index (χ1n) is 7.61. The predicted octanol–water partition coefficient (Wildman–Crippen LogP) is 3.52. The van der Waals surface area contributed by atoms with Crippen LogP contribution in [-0.4, -0.2) is 34.3 Å². The number of carbonyl (C=O) groups excluding carboxylic acids is 1. The molecule has 0 heterocycles. The van der Waals surface area contributed by atoms with Crippen LogP contribution in [0.25, 0.3) is 0 Å². The van der Waals surface area contributed by atoms with Crippen molar-refractivity contribution in [1.82, 2.24) is 5.48 Å². The van der Waals surface area contributed by atoms with Crippen LogP contribution in [0.2, 0.25) is 5.02 Å². The highest BCUT2D eigenvalue weighted by molar-refractivity contribution is 14.1. The lowest BCUT2D eigenvalue weighted by molar-refractivity contribution is -0.189. The van der Waals surface area contributed by atoms with Gasteiger partial charge in [-0.25, -0.2) is 9.87 Å². The highest BCUT2D eigenvalue weighted by Gasteiger charge is 2.61. The summed E-state index contributed by atoms with van der Waals surface area (Å²) >= 11 is 13.6. The highest BCUT2D eigenvalue weighted by Crippen LogP contribution is 2.45. The number of benzene rings is 1. The van der Waals surface area contributed by atoms with Crippen molar-refractivity contribution in [2.45, 2.75) is 24.9 Å². The average molecular weight is 535 g/mol. The summed E-state index contributed by atoms with van der Waals surface area (Å²) in [5, 5.41) is 22.2. The third-order valence-electron chi connectivity index (χ3n) is 3.60. The van der Waals surface area contributed by atoms with Crippen molar-refractivity contribution in [3.05, 3.63) is 49.3 Å². The van der Waals surface area contributed by atoms with Crippen LogP contribution in [0.1, 0.15) is 13.3 Å². The van der Waals surface area contributed by atoms with E-state index in [2.05, 4.69) is 5.32 Å². The largest absolute Gasteiger partial charge is 0.362 e. The van der Waals surface area contributed by atoms with Crippen LogP contribution in [0.4, 0.5) is 14.5 Å². The molecule has 0 aromatic heterocycles. The first-order chi connectivity index (χ1) is 12.5. The van der Waals surface area contributed by atoms with E-state index in [1.807, 2.05) is 28.1 Å². The molecule has 0 bridgehead atoms. The van der Waals surface area contributed by atoms with Crippen LogP contribution in [-0.2, 0) is 9.63 Å². The van der Waals surface area contributed by atoms with E-state index < -0.39 is 33.9 Å². The molecule has 6 nitrogen and oxygen atoms in total. The number of rotatable bonds is 6. The number of amides is 1. The van der Waals surface area contributed by atoms with E-state index in [0.29, 0.717) is 12.5 Å². The maximum Gasteiger partial charge on any atom is 0.313 e. The minimum Gasteiger partial charge on any atom is -0.362 e. The van der Waals surface area contributed by atoms with Gasteiger partial charge in [0.05, 0.1) is 27.9 Å². The Bertz CT molecular complexity index is 820. The van der Waals surface area contributed by atoms with Gasteiger partial charge in [0.1, 0.15) is 0 Å². The second kappa shape index (κ2) is 8.58. The van der Waals surface area contributed by atoms with E-state index in [9.17, 15) is 23.8 Å². The number of hydroxylamine groups is 1. The van der Waals surface area contributed by atoms with Crippen LogP contribution < -0.4 is 10.8 Å². The van der Waals surface area contributed by atoms with Gasteiger partial charge < -0.3 is 15.5 Å². The SMILES string of the molecule is CCCONC(=O)C1=CC(Cl)=C(F)C(O)(F)C1(O)Nc1ccc(I)cc1Cl. The Labute approximate surface area is 177 Å². The summed E-state index contributed by atoms with van der Waals surface area (Å²) in [4.78, 5) is 17.2. The quantitative estimate of drug-likeness (QED) is 0.194. The number of carbonyl (C=O) groups is 1. The molecule has 0 aliphatic heterocycles. The van der Waals surface area contributed by atoms with E-state index >= 15 is 0 Å². The number of allylic oxidation sites excluding steroid dienone is 2. The molecule has 1 aromatic carbocycles. The Morgan fingerprint density at radius 3 is 2.63 bits per heavy atom. The standard InChI is InChI=1S/C16H15Cl2F2IN2O4/c1-2-5-27-23-14(24)9-7-11(18)13(19)15(20,25)16(9,26)22-12-4-3-8(21)6-10(12)17/h3-4,6-7,22,25-26H,2,5H2,1H3,(H,23,24). The lowest BCUT2D eigenvalue weighted by Crippen LogP contribution is -2.62. The minimum absolute atomic E-state index is 0.0363. The molecule has 2 unspecified atom stereocenters. The molecule has 0 saturated heterocycles. The summed E-state index contributed by atoms with van der Waals surface area (Å²) in [5.74, 6) is -7.07. The maximum atomic E-state index is 14.9. The molecule has 1 aromatic rings. The average Bonchev–Trinajstić information content (AvgIpc) is 2.59. The zero-order valence-electron chi connectivity index (χ0n) is 13.8. The molecule has 1 aliphatic carbocycles. The summed E-state index contributed by atoms with van der Waals surface area (Å²) in [7, 11) is 0. The van der Waals surface area contributed by atoms with Gasteiger partial charge in [-0.2, -0.15) is 4.39 Å². The topological polar surface area (TPSA) is 90.8 Å². The van der Waals surface area contributed by atoms with Crippen molar-refractivity contribution in [3.8, 4) is 0 Å². The molecule has 1 amide bonds. The van der Waals surface area contributed by atoms with Crippen molar-refractivity contribution in [2.75, 3.05) is 11.9 Å². The summed E-state index contributed by atoms with van der Waals surface area (Å²) in [6.45, 7) is 1.91. The van der Waals surface area contributed by atoms with Crippen LogP contribution in [0, 0.1) is 3.57 Å². The molecule has 1 aliphatic rings. The van der Waals surface area contributed by atoms with Gasteiger partial charge in [-0.05, 0) is 53.3 Å². The van der Waals surface area contributed by atoms with Crippen molar-refractivity contribution >= 4 is 57.4 Å². The Kier molecular flexibility index (Phi) is 7.09. The van der Waals surface area contributed by atoms with Crippen LogP contribution in [0.15, 0.2) is 40.7 Å². The van der Waals surface area contributed by atoms with E-state index in [4.69, 9.17) is 28.0 Å². The fraction of sp³-hybridized carbons (Fsp3) is 0.312.